The van der Waals surface area contributed by atoms with Crippen LogP contribution in [0, 0.1) is 6.92 Å². The van der Waals surface area contributed by atoms with E-state index in [0.717, 1.165) is 31.2 Å². The molecule has 172 valence electrons. The lowest BCUT2D eigenvalue weighted by Gasteiger charge is -2.32. The van der Waals surface area contributed by atoms with Crippen LogP contribution in [0.4, 0.5) is 5.69 Å². The minimum atomic E-state index is -0.499. The van der Waals surface area contributed by atoms with Gasteiger partial charge in [-0.2, -0.15) is 0 Å². The van der Waals surface area contributed by atoms with Crippen LogP contribution in [0.15, 0.2) is 40.1 Å². The SMILES string of the molecule is Cc1ccc(C(=O)OCC2CCC(n3cc(N(C)C4CCCCC4)c(=O)[nH]c3=O)O2)cc1. The first-order chi connectivity index (χ1) is 15.4. The van der Waals surface area contributed by atoms with Crippen molar-refractivity contribution in [1.29, 1.82) is 0 Å². The zero-order valence-corrected chi connectivity index (χ0v) is 18.7. The van der Waals surface area contributed by atoms with Crippen molar-refractivity contribution in [3.63, 3.8) is 0 Å². The summed E-state index contributed by atoms with van der Waals surface area (Å²) in [4.78, 5) is 41.6. The second-order valence-electron chi connectivity index (χ2n) is 8.84. The van der Waals surface area contributed by atoms with Crippen molar-refractivity contribution in [2.75, 3.05) is 18.6 Å². The zero-order chi connectivity index (χ0) is 22.7. The molecule has 1 aliphatic carbocycles. The van der Waals surface area contributed by atoms with E-state index in [2.05, 4.69) is 4.98 Å². The van der Waals surface area contributed by atoms with Gasteiger partial charge in [0.2, 0.25) is 0 Å². The van der Waals surface area contributed by atoms with E-state index in [1.807, 2.05) is 31.0 Å². The second-order valence-corrected chi connectivity index (χ2v) is 8.84. The Bertz CT molecular complexity index is 1050. The van der Waals surface area contributed by atoms with Gasteiger partial charge in [0.05, 0.1) is 11.7 Å². The number of nitrogens with one attached hydrogen (secondary N) is 1. The molecule has 2 heterocycles. The average molecular weight is 442 g/mol. The molecule has 1 aromatic heterocycles. The topological polar surface area (TPSA) is 93.6 Å². The lowest BCUT2D eigenvalue weighted by Crippen LogP contribution is -2.41. The first-order valence-electron chi connectivity index (χ1n) is 11.4. The molecule has 8 nitrogen and oxygen atoms in total. The van der Waals surface area contributed by atoms with Crippen LogP contribution >= 0.6 is 0 Å². The quantitative estimate of drug-likeness (QED) is 0.692. The Morgan fingerprint density at radius 3 is 2.56 bits per heavy atom. The Labute approximate surface area is 187 Å². The van der Waals surface area contributed by atoms with Gasteiger partial charge in [-0.1, -0.05) is 37.0 Å². The van der Waals surface area contributed by atoms with Gasteiger partial charge in [0.15, 0.2) is 0 Å². The van der Waals surface area contributed by atoms with E-state index in [9.17, 15) is 14.4 Å². The van der Waals surface area contributed by atoms with Crippen LogP contribution in [0.2, 0.25) is 0 Å². The van der Waals surface area contributed by atoms with E-state index >= 15 is 0 Å². The number of rotatable bonds is 6. The number of carbonyl (C=O) groups is 1. The molecule has 2 aliphatic rings. The lowest BCUT2D eigenvalue weighted by atomic mass is 9.94. The summed E-state index contributed by atoms with van der Waals surface area (Å²) < 4.78 is 12.9. The van der Waals surface area contributed by atoms with Crippen molar-refractivity contribution in [2.24, 2.45) is 0 Å². The molecule has 2 unspecified atom stereocenters. The van der Waals surface area contributed by atoms with Crippen LogP contribution in [0.3, 0.4) is 0 Å². The van der Waals surface area contributed by atoms with Gasteiger partial charge < -0.3 is 14.4 Å². The third kappa shape index (κ3) is 4.96. The maximum atomic E-state index is 12.5. The average Bonchev–Trinajstić information content (AvgIpc) is 3.27. The van der Waals surface area contributed by atoms with Crippen molar-refractivity contribution < 1.29 is 14.3 Å². The summed E-state index contributed by atoms with van der Waals surface area (Å²) in [5, 5.41) is 0. The maximum Gasteiger partial charge on any atom is 0.338 e. The largest absolute Gasteiger partial charge is 0.459 e. The van der Waals surface area contributed by atoms with Crippen LogP contribution in [0.1, 0.15) is 67.1 Å². The summed E-state index contributed by atoms with van der Waals surface area (Å²) in [6, 6.07) is 7.50. The molecule has 4 rings (SSSR count). The number of nitrogens with zero attached hydrogens (tertiary/aromatic N) is 2. The van der Waals surface area contributed by atoms with Gasteiger partial charge in [0, 0.05) is 19.3 Å². The molecule has 1 saturated heterocycles. The molecule has 1 N–H and O–H groups in total. The molecule has 2 fully saturated rings. The summed E-state index contributed by atoms with van der Waals surface area (Å²) in [5.41, 5.74) is 1.19. The molecular formula is C24H31N3O5. The fraction of sp³-hybridized carbons (Fsp3) is 0.542. The van der Waals surface area contributed by atoms with E-state index in [1.54, 1.807) is 18.3 Å². The van der Waals surface area contributed by atoms with E-state index in [-0.39, 0.29) is 18.3 Å². The molecule has 2 atom stereocenters. The molecule has 1 saturated carbocycles. The molecule has 1 aliphatic heterocycles. The van der Waals surface area contributed by atoms with Crippen molar-refractivity contribution in [1.82, 2.24) is 9.55 Å². The van der Waals surface area contributed by atoms with Gasteiger partial charge in [-0.3, -0.25) is 14.3 Å². The van der Waals surface area contributed by atoms with Crippen molar-refractivity contribution in [2.45, 2.75) is 70.2 Å². The predicted molar refractivity (Wildman–Crippen MR) is 121 cm³/mol. The third-order valence-corrected chi connectivity index (χ3v) is 6.53. The monoisotopic (exact) mass is 441 g/mol. The summed E-state index contributed by atoms with van der Waals surface area (Å²) in [6.07, 6.45) is 7.70. The Kier molecular flexibility index (Phi) is 6.79. The number of esters is 1. The number of ether oxygens (including phenoxy) is 2. The van der Waals surface area contributed by atoms with Crippen molar-refractivity contribution in [3.8, 4) is 0 Å². The lowest BCUT2D eigenvalue weighted by molar-refractivity contribution is -0.0339. The van der Waals surface area contributed by atoms with Crippen LogP contribution in [-0.2, 0) is 9.47 Å². The number of carbonyl (C=O) groups excluding carboxylic acids is 1. The highest BCUT2D eigenvalue weighted by Gasteiger charge is 2.30. The van der Waals surface area contributed by atoms with Gasteiger partial charge >= 0.3 is 11.7 Å². The van der Waals surface area contributed by atoms with Gasteiger partial charge in [-0.05, 0) is 44.7 Å². The Morgan fingerprint density at radius 1 is 1.12 bits per heavy atom. The molecule has 32 heavy (non-hydrogen) atoms. The summed E-state index contributed by atoms with van der Waals surface area (Å²) in [6.45, 7) is 2.08. The molecule has 8 heteroatoms. The Morgan fingerprint density at radius 2 is 1.84 bits per heavy atom. The molecule has 0 radical (unpaired) electrons. The highest BCUT2D eigenvalue weighted by molar-refractivity contribution is 5.89. The smallest absolute Gasteiger partial charge is 0.338 e. The second kappa shape index (κ2) is 9.73. The first kappa shape index (κ1) is 22.3. The number of aryl methyl sites for hydroxylation is 1. The Balaban J connectivity index is 1.41. The van der Waals surface area contributed by atoms with Crippen LogP contribution in [-0.4, -0.2) is 41.3 Å². The number of benzene rings is 1. The highest BCUT2D eigenvalue weighted by Crippen LogP contribution is 2.29. The summed E-state index contributed by atoms with van der Waals surface area (Å²) >= 11 is 0. The van der Waals surface area contributed by atoms with Gasteiger partial charge in [-0.15, -0.1) is 0 Å². The number of anilines is 1. The fourth-order valence-corrected chi connectivity index (χ4v) is 4.56. The zero-order valence-electron chi connectivity index (χ0n) is 18.7. The molecule has 0 amide bonds. The summed E-state index contributed by atoms with van der Waals surface area (Å²) in [5.74, 6) is -0.394. The normalized spacial score (nSPS) is 21.4. The number of aromatic nitrogens is 2. The van der Waals surface area contributed by atoms with E-state index in [0.29, 0.717) is 30.1 Å². The molecule has 0 bridgehead atoms. The number of H-pyrrole nitrogens is 1. The standard InChI is InChI=1S/C24H31N3O5/c1-16-8-10-17(11-9-16)23(29)31-15-19-12-13-21(32-19)27-14-20(22(28)25-24(27)30)26(2)18-6-4-3-5-7-18/h8-11,14,18-19,21H,3-7,12-13,15H2,1-2H3,(H,25,28,30). The molecular weight excluding hydrogens is 410 g/mol. The van der Waals surface area contributed by atoms with Gasteiger partial charge in [-0.25, -0.2) is 9.59 Å². The minimum absolute atomic E-state index is 0.121. The van der Waals surface area contributed by atoms with E-state index < -0.39 is 17.9 Å². The Hall–Kier alpha value is -2.87. The van der Waals surface area contributed by atoms with Crippen LogP contribution in [0.25, 0.3) is 0 Å². The molecule has 2 aromatic rings. The number of hydrogen-bond donors (Lipinski definition) is 1. The maximum absolute atomic E-state index is 12.5. The molecule has 0 spiro atoms. The fourth-order valence-electron chi connectivity index (χ4n) is 4.56. The van der Waals surface area contributed by atoms with Crippen molar-refractivity contribution in [3.05, 3.63) is 62.4 Å². The van der Waals surface area contributed by atoms with Gasteiger partial charge in [0.25, 0.3) is 5.56 Å². The van der Waals surface area contributed by atoms with E-state index in [4.69, 9.17) is 9.47 Å². The third-order valence-electron chi connectivity index (χ3n) is 6.53. The van der Waals surface area contributed by atoms with Crippen LogP contribution < -0.4 is 16.1 Å². The number of aromatic amines is 1. The minimum Gasteiger partial charge on any atom is -0.459 e. The molecule has 1 aromatic carbocycles. The predicted octanol–water partition coefficient (Wildman–Crippen LogP) is 3.15. The van der Waals surface area contributed by atoms with Gasteiger partial charge in [0.1, 0.15) is 18.5 Å². The first-order valence-corrected chi connectivity index (χ1v) is 11.4. The van der Waals surface area contributed by atoms with Crippen LogP contribution in [0.5, 0.6) is 0 Å². The summed E-state index contributed by atoms with van der Waals surface area (Å²) in [7, 11) is 1.91. The van der Waals surface area contributed by atoms with Crippen molar-refractivity contribution >= 4 is 11.7 Å². The highest BCUT2D eigenvalue weighted by atomic mass is 16.6. The number of hydrogen-bond acceptors (Lipinski definition) is 6. The van der Waals surface area contributed by atoms with E-state index in [1.165, 1.54) is 11.0 Å².